The largest absolute Gasteiger partial charge is 0.351 e. The number of carbonyl (C=O) groups is 1. The van der Waals surface area contributed by atoms with Gasteiger partial charge < -0.3 is 10.6 Å². The molecule has 1 aromatic carbocycles. The Morgan fingerprint density at radius 2 is 2.00 bits per heavy atom. The minimum absolute atomic E-state index is 0. The molecule has 3 nitrogen and oxygen atoms in total. The summed E-state index contributed by atoms with van der Waals surface area (Å²) < 4.78 is 0. The van der Waals surface area contributed by atoms with E-state index in [1.807, 2.05) is 7.05 Å². The molecule has 0 aromatic heterocycles. The summed E-state index contributed by atoms with van der Waals surface area (Å²) >= 11 is 11.6. The number of benzene rings is 1. The fraction of sp³-hybridized carbons (Fsp3) is 0.300. The molecule has 0 radical (unpaired) electrons. The van der Waals surface area contributed by atoms with Crippen molar-refractivity contribution in [2.45, 2.75) is 0 Å². The Morgan fingerprint density at radius 3 is 2.56 bits per heavy atom. The van der Waals surface area contributed by atoms with Crippen LogP contribution in [0.25, 0.3) is 0 Å². The summed E-state index contributed by atoms with van der Waals surface area (Å²) in [6.07, 6.45) is 0. The smallest absolute Gasteiger partial charge is 0.252 e. The molecular formula is C10H13Cl3N2O. The first-order chi connectivity index (χ1) is 7.15. The lowest BCUT2D eigenvalue weighted by Crippen LogP contribution is -2.30. The van der Waals surface area contributed by atoms with Gasteiger partial charge in [-0.2, -0.15) is 0 Å². The lowest BCUT2D eigenvalue weighted by atomic mass is 10.2. The molecule has 1 rings (SSSR count). The van der Waals surface area contributed by atoms with Crippen LogP contribution in [0, 0.1) is 0 Å². The van der Waals surface area contributed by atoms with Gasteiger partial charge in [0.1, 0.15) is 0 Å². The standard InChI is InChI=1S/C10H12Cl2N2O.ClH/c1-13-4-5-14-10(15)8-3-2-7(11)6-9(8)12;/h2-3,6,13H,4-5H2,1H3,(H,14,15);1H. The second-order valence-electron chi connectivity index (χ2n) is 2.98. The van der Waals surface area contributed by atoms with Gasteiger partial charge in [-0.3, -0.25) is 4.79 Å². The summed E-state index contributed by atoms with van der Waals surface area (Å²) in [6, 6.07) is 4.80. The first-order valence-corrected chi connectivity index (χ1v) is 5.28. The highest BCUT2D eigenvalue weighted by Gasteiger charge is 2.09. The topological polar surface area (TPSA) is 41.1 Å². The van der Waals surface area contributed by atoms with Gasteiger partial charge in [-0.25, -0.2) is 0 Å². The van der Waals surface area contributed by atoms with Crippen LogP contribution in [0.2, 0.25) is 10.0 Å². The molecule has 0 spiro atoms. The van der Waals surface area contributed by atoms with Gasteiger partial charge in [0.05, 0.1) is 10.6 Å². The van der Waals surface area contributed by atoms with E-state index in [-0.39, 0.29) is 18.3 Å². The van der Waals surface area contributed by atoms with Gasteiger partial charge in [0.25, 0.3) is 5.91 Å². The van der Waals surface area contributed by atoms with Crippen LogP contribution in [0.3, 0.4) is 0 Å². The summed E-state index contributed by atoms with van der Waals surface area (Å²) in [7, 11) is 1.82. The van der Waals surface area contributed by atoms with E-state index in [2.05, 4.69) is 10.6 Å². The molecule has 6 heteroatoms. The van der Waals surface area contributed by atoms with E-state index >= 15 is 0 Å². The number of hydrogen-bond donors (Lipinski definition) is 2. The molecule has 16 heavy (non-hydrogen) atoms. The van der Waals surface area contributed by atoms with Crippen LogP contribution < -0.4 is 10.6 Å². The van der Waals surface area contributed by atoms with Gasteiger partial charge in [0.15, 0.2) is 0 Å². The van der Waals surface area contributed by atoms with Gasteiger partial charge in [-0.05, 0) is 25.2 Å². The Morgan fingerprint density at radius 1 is 1.31 bits per heavy atom. The monoisotopic (exact) mass is 282 g/mol. The molecule has 1 aromatic rings. The number of hydrogen-bond acceptors (Lipinski definition) is 2. The van der Waals surface area contributed by atoms with Crippen molar-refractivity contribution in [3.05, 3.63) is 33.8 Å². The predicted molar refractivity (Wildman–Crippen MR) is 70.0 cm³/mol. The maximum absolute atomic E-state index is 11.6. The van der Waals surface area contributed by atoms with E-state index < -0.39 is 0 Å². The summed E-state index contributed by atoms with van der Waals surface area (Å²) in [4.78, 5) is 11.6. The SMILES string of the molecule is CNCCNC(=O)c1ccc(Cl)cc1Cl.Cl. The minimum Gasteiger partial charge on any atom is -0.351 e. The van der Waals surface area contributed by atoms with Crippen molar-refractivity contribution in [3.8, 4) is 0 Å². The Labute approximate surface area is 111 Å². The van der Waals surface area contributed by atoms with Crippen LogP contribution in [0.5, 0.6) is 0 Å². The first-order valence-electron chi connectivity index (χ1n) is 4.53. The van der Waals surface area contributed by atoms with Crippen LogP contribution in [-0.2, 0) is 0 Å². The van der Waals surface area contributed by atoms with Gasteiger partial charge >= 0.3 is 0 Å². The Balaban J connectivity index is 0.00000225. The van der Waals surface area contributed by atoms with Crippen molar-refractivity contribution >= 4 is 41.5 Å². The highest BCUT2D eigenvalue weighted by Crippen LogP contribution is 2.20. The third-order valence-corrected chi connectivity index (χ3v) is 2.38. The molecular weight excluding hydrogens is 270 g/mol. The van der Waals surface area contributed by atoms with Gasteiger partial charge in [0, 0.05) is 18.1 Å². The van der Waals surface area contributed by atoms with Crippen LogP contribution in [0.15, 0.2) is 18.2 Å². The molecule has 0 saturated carbocycles. The zero-order valence-corrected chi connectivity index (χ0v) is 11.0. The first kappa shape index (κ1) is 15.5. The molecule has 0 unspecified atom stereocenters. The minimum atomic E-state index is -0.188. The van der Waals surface area contributed by atoms with Crippen LogP contribution in [0.1, 0.15) is 10.4 Å². The van der Waals surface area contributed by atoms with Crippen molar-refractivity contribution in [1.82, 2.24) is 10.6 Å². The molecule has 0 atom stereocenters. The summed E-state index contributed by atoms with van der Waals surface area (Å²) in [5.41, 5.74) is 0.442. The third kappa shape index (κ3) is 4.58. The summed E-state index contributed by atoms with van der Waals surface area (Å²) in [5.74, 6) is -0.188. The molecule has 0 heterocycles. The number of amides is 1. The Bertz CT molecular complexity index is 358. The van der Waals surface area contributed by atoms with E-state index in [0.29, 0.717) is 22.2 Å². The average molecular weight is 284 g/mol. The highest BCUT2D eigenvalue weighted by atomic mass is 35.5. The second-order valence-corrected chi connectivity index (χ2v) is 3.83. The van der Waals surface area contributed by atoms with E-state index in [4.69, 9.17) is 23.2 Å². The van der Waals surface area contributed by atoms with Crippen LogP contribution in [-0.4, -0.2) is 26.0 Å². The number of halogens is 3. The molecule has 0 saturated heterocycles. The molecule has 0 bridgehead atoms. The van der Waals surface area contributed by atoms with E-state index in [0.717, 1.165) is 6.54 Å². The van der Waals surface area contributed by atoms with Crippen LogP contribution >= 0.6 is 35.6 Å². The molecule has 90 valence electrons. The lowest BCUT2D eigenvalue weighted by Gasteiger charge is -2.06. The van der Waals surface area contributed by atoms with E-state index in [1.165, 1.54) is 0 Å². The van der Waals surface area contributed by atoms with Gasteiger partial charge in [-0.15, -0.1) is 12.4 Å². The van der Waals surface area contributed by atoms with E-state index in [9.17, 15) is 4.79 Å². The zero-order valence-electron chi connectivity index (χ0n) is 8.72. The van der Waals surface area contributed by atoms with Crippen LogP contribution in [0.4, 0.5) is 0 Å². The normalized spacial score (nSPS) is 9.44. The molecule has 2 N–H and O–H groups in total. The highest BCUT2D eigenvalue weighted by molar-refractivity contribution is 6.36. The van der Waals surface area contributed by atoms with Crippen molar-refractivity contribution < 1.29 is 4.79 Å². The number of rotatable bonds is 4. The Hall–Kier alpha value is -0.480. The third-order valence-electron chi connectivity index (χ3n) is 1.84. The van der Waals surface area contributed by atoms with Crippen molar-refractivity contribution in [2.24, 2.45) is 0 Å². The Kier molecular flexibility index (Phi) is 7.51. The van der Waals surface area contributed by atoms with Gasteiger partial charge in [0.2, 0.25) is 0 Å². The number of likely N-dealkylation sites (N-methyl/N-ethyl adjacent to an activating group) is 1. The zero-order chi connectivity index (χ0) is 11.3. The quantitative estimate of drug-likeness (QED) is 0.833. The lowest BCUT2D eigenvalue weighted by molar-refractivity contribution is 0.0954. The molecule has 0 aliphatic rings. The average Bonchev–Trinajstić information content (AvgIpc) is 2.17. The molecule has 1 amide bonds. The maximum atomic E-state index is 11.6. The fourth-order valence-corrected chi connectivity index (χ4v) is 1.56. The summed E-state index contributed by atoms with van der Waals surface area (Å²) in [6.45, 7) is 1.28. The van der Waals surface area contributed by atoms with Crippen molar-refractivity contribution in [1.29, 1.82) is 0 Å². The maximum Gasteiger partial charge on any atom is 0.252 e. The fourth-order valence-electron chi connectivity index (χ4n) is 1.07. The molecule has 0 fully saturated rings. The molecule has 0 aliphatic carbocycles. The number of nitrogens with one attached hydrogen (secondary N) is 2. The van der Waals surface area contributed by atoms with Crippen molar-refractivity contribution in [3.63, 3.8) is 0 Å². The second kappa shape index (κ2) is 7.74. The number of carbonyl (C=O) groups excluding carboxylic acids is 1. The van der Waals surface area contributed by atoms with E-state index in [1.54, 1.807) is 18.2 Å². The van der Waals surface area contributed by atoms with Gasteiger partial charge in [-0.1, -0.05) is 23.2 Å². The molecule has 0 aliphatic heterocycles. The predicted octanol–water partition coefficient (Wildman–Crippen LogP) is 2.36. The van der Waals surface area contributed by atoms with Crippen molar-refractivity contribution in [2.75, 3.05) is 20.1 Å². The summed E-state index contributed by atoms with van der Waals surface area (Å²) in [5, 5.41) is 6.55.